The van der Waals surface area contributed by atoms with E-state index >= 15 is 0 Å². The molecule has 6 heteroatoms. The summed E-state index contributed by atoms with van der Waals surface area (Å²) in [6.45, 7) is 5.55. The Bertz CT molecular complexity index is 542. The number of carbonyl (C=O) groups is 2. The molecule has 0 unspecified atom stereocenters. The van der Waals surface area contributed by atoms with E-state index in [2.05, 4.69) is 10.1 Å². The lowest BCUT2D eigenvalue weighted by Crippen LogP contribution is -2.55. The van der Waals surface area contributed by atoms with Crippen molar-refractivity contribution in [1.29, 1.82) is 0 Å². The summed E-state index contributed by atoms with van der Waals surface area (Å²) in [7, 11) is 1.29. The number of carbonyl (C=O) groups excluding carboxylic acids is 2. The Labute approximate surface area is 124 Å². The smallest absolute Gasteiger partial charge is 0.411 e. The molecule has 0 bridgehead atoms. The Balaban J connectivity index is 2.19. The fourth-order valence-electron chi connectivity index (χ4n) is 2.29. The molecule has 1 aliphatic rings. The van der Waals surface area contributed by atoms with Gasteiger partial charge in [-0.1, -0.05) is 6.07 Å². The fourth-order valence-corrected chi connectivity index (χ4v) is 2.29. The summed E-state index contributed by atoms with van der Waals surface area (Å²) < 4.78 is 9.97. The van der Waals surface area contributed by atoms with Gasteiger partial charge >= 0.3 is 6.09 Å². The molecule has 21 heavy (non-hydrogen) atoms. The molecule has 0 aromatic heterocycles. The van der Waals surface area contributed by atoms with Crippen molar-refractivity contribution >= 4 is 17.7 Å². The minimum atomic E-state index is -0.564. The molecule has 6 nitrogen and oxygen atoms in total. The number of hydrogen-bond donors (Lipinski definition) is 1. The first kappa shape index (κ1) is 15.3. The van der Waals surface area contributed by atoms with Crippen LogP contribution in [0.2, 0.25) is 0 Å². The van der Waals surface area contributed by atoms with E-state index in [9.17, 15) is 9.59 Å². The van der Waals surface area contributed by atoms with Gasteiger partial charge < -0.3 is 14.4 Å². The Morgan fingerprint density at radius 2 is 2.14 bits per heavy atom. The lowest BCUT2D eigenvalue weighted by Gasteiger charge is -2.42. The van der Waals surface area contributed by atoms with Crippen LogP contribution in [0.3, 0.4) is 0 Å². The van der Waals surface area contributed by atoms with Gasteiger partial charge in [0.25, 0.3) is 5.91 Å². The maximum absolute atomic E-state index is 12.6. The van der Waals surface area contributed by atoms with Crippen molar-refractivity contribution in [3.8, 4) is 0 Å². The normalized spacial score (nSPS) is 17.2. The van der Waals surface area contributed by atoms with Gasteiger partial charge in [-0.2, -0.15) is 0 Å². The van der Waals surface area contributed by atoms with E-state index in [0.717, 1.165) is 0 Å². The lowest BCUT2D eigenvalue weighted by molar-refractivity contribution is -0.0370. The van der Waals surface area contributed by atoms with E-state index in [1.807, 2.05) is 13.8 Å². The van der Waals surface area contributed by atoms with Gasteiger partial charge in [0.05, 0.1) is 25.9 Å². The highest BCUT2D eigenvalue weighted by molar-refractivity contribution is 5.96. The average molecular weight is 292 g/mol. The van der Waals surface area contributed by atoms with Crippen LogP contribution >= 0.6 is 0 Å². The molecule has 1 aromatic rings. The van der Waals surface area contributed by atoms with E-state index in [0.29, 0.717) is 31.0 Å². The maximum Gasteiger partial charge on any atom is 0.411 e. The van der Waals surface area contributed by atoms with Crippen LogP contribution in [0, 0.1) is 0 Å². The Morgan fingerprint density at radius 3 is 2.81 bits per heavy atom. The number of rotatable bonds is 2. The molecule has 1 fully saturated rings. The van der Waals surface area contributed by atoms with Gasteiger partial charge in [0.2, 0.25) is 0 Å². The van der Waals surface area contributed by atoms with Gasteiger partial charge in [0.15, 0.2) is 0 Å². The lowest BCUT2D eigenvalue weighted by atomic mass is 10.0. The molecule has 114 valence electrons. The molecule has 2 amide bonds. The molecule has 1 aromatic carbocycles. The SMILES string of the molecule is COC(=O)Nc1cccc(C(=O)N2CCOCC2(C)C)c1. The number of nitrogens with zero attached hydrogens (tertiary/aromatic N) is 1. The van der Waals surface area contributed by atoms with Gasteiger partial charge in [0, 0.05) is 17.8 Å². The van der Waals surface area contributed by atoms with Crippen LogP contribution in [0.5, 0.6) is 0 Å². The summed E-state index contributed by atoms with van der Waals surface area (Å²) in [5.74, 6) is -0.0724. The first-order valence-corrected chi connectivity index (χ1v) is 6.79. The number of benzene rings is 1. The van der Waals surface area contributed by atoms with Gasteiger partial charge in [-0.05, 0) is 32.0 Å². The summed E-state index contributed by atoms with van der Waals surface area (Å²) in [4.78, 5) is 25.7. The van der Waals surface area contributed by atoms with E-state index in [1.165, 1.54) is 7.11 Å². The molecule has 1 N–H and O–H groups in total. The summed E-state index contributed by atoms with van der Waals surface area (Å²) in [5, 5.41) is 2.55. The van der Waals surface area contributed by atoms with Gasteiger partial charge in [-0.3, -0.25) is 10.1 Å². The predicted molar refractivity (Wildman–Crippen MR) is 78.4 cm³/mol. The summed E-state index contributed by atoms with van der Waals surface area (Å²) >= 11 is 0. The van der Waals surface area contributed by atoms with Crippen LogP contribution in [0.4, 0.5) is 10.5 Å². The molecule has 1 heterocycles. The van der Waals surface area contributed by atoms with Gasteiger partial charge in [0.1, 0.15) is 0 Å². The summed E-state index contributed by atoms with van der Waals surface area (Å²) in [5.41, 5.74) is 0.707. The molecule has 0 radical (unpaired) electrons. The van der Waals surface area contributed by atoms with Crippen LogP contribution in [0.15, 0.2) is 24.3 Å². The molecule has 0 spiro atoms. The van der Waals surface area contributed by atoms with E-state index in [-0.39, 0.29) is 11.4 Å². The molecule has 2 rings (SSSR count). The molecule has 0 atom stereocenters. The number of nitrogens with one attached hydrogen (secondary N) is 1. The molecular weight excluding hydrogens is 272 g/mol. The number of amides is 2. The Morgan fingerprint density at radius 1 is 1.38 bits per heavy atom. The van der Waals surface area contributed by atoms with Gasteiger partial charge in [-0.25, -0.2) is 4.79 Å². The molecule has 1 aliphatic heterocycles. The Kier molecular flexibility index (Phi) is 4.47. The number of methoxy groups -OCH3 is 1. The quantitative estimate of drug-likeness (QED) is 0.906. The second-order valence-electron chi connectivity index (χ2n) is 5.52. The fraction of sp³-hybridized carbons (Fsp3) is 0.467. The first-order valence-electron chi connectivity index (χ1n) is 6.79. The second kappa shape index (κ2) is 6.13. The maximum atomic E-state index is 12.6. The third-order valence-electron chi connectivity index (χ3n) is 3.43. The monoisotopic (exact) mass is 292 g/mol. The average Bonchev–Trinajstić information content (AvgIpc) is 2.46. The first-order chi connectivity index (χ1) is 9.94. The molecule has 1 saturated heterocycles. The predicted octanol–water partition coefficient (Wildman–Crippen LogP) is 2.12. The van der Waals surface area contributed by atoms with Crippen LogP contribution in [0.25, 0.3) is 0 Å². The zero-order chi connectivity index (χ0) is 15.5. The van der Waals surface area contributed by atoms with Crippen molar-refractivity contribution < 1.29 is 19.1 Å². The largest absolute Gasteiger partial charge is 0.453 e. The number of ether oxygens (including phenoxy) is 2. The third-order valence-corrected chi connectivity index (χ3v) is 3.43. The molecular formula is C15H20N2O4. The van der Waals surface area contributed by atoms with E-state index in [4.69, 9.17) is 4.74 Å². The summed E-state index contributed by atoms with van der Waals surface area (Å²) in [6.07, 6.45) is -0.564. The molecule has 0 aliphatic carbocycles. The Hall–Kier alpha value is -2.08. The minimum absolute atomic E-state index is 0.0724. The van der Waals surface area contributed by atoms with Crippen LogP contribution < -0.4 is 5.32 Å². The zero-order valence-electron chi connectivity index (χ0n) is 12.5. The summed E-state index contributed by atoms with van der Waals surface area (Å²) in [6, 6.07) is 6.81. The van der Waals surface area contributed by atoms with Gasteiger partial charge in [-0.15, -0.1) is 0 Å². The van der Waals surface area contributed by atoms with Crippen molar-refractivity contribution in [2.24, 2.45) is 0 Å². The van der Waals surface area contributed by atoms with Crippen molar-refractivity contribution in [2.45, 2.75) is 19.4 Å². The van der Waals surface area contributed by atoms with Crippen molar-refractivity contribution in [3.63, 3.8) is 0 Å². The minimum Gasteiger partial charge on any atom is -0.453 e. The number of hydrogen-bond acceptors (Lipinski definition) is 4. The highest BCUT2D eigenvalue weighted by Crippen LogP contribution is 2.22. The second-order valence-corrected chi connectivity index (χ2v) is 5.52. The van der Waals surface area contributed by atoms with Crippen molar-refractivity contribution in [1.82, 2.24) is 4.90 Å². The van der Waals surface area contributed by atoms with Crippen molar-refractivity contribution in [3.05, 3.63) is 29.8 Å². The highest BCUT2D eigenvalue weighted by Gasteiger charge is 2.34. The molecule has 0 saturated carbocycles. The third kappa shape index (κ3) is 3.52. The topological polar surface area (TPSA) is 67.9 Å². The van der Waals surface area contributed by atoms with Crippen LogP contribution in [-0.4, -0.2) is 49.3 Å². The van der Waals surface area contributed by atoms with Crippen molar-refractivity contribution in [2.75, 3.05) is 32.2 Å². The highest BCUT2D eigenvalue weighted by atomic mass is 16.5. The van der Waals surface area contributed by atoms with E-state index in [1.54, 1.807) is 29.2 Å². The standard InChI is InChI=1S/C15H20N2O4/c1-15(2)10-21-8-7-17(15)13(18)11-5-4-6-12(9-11)16-14(19)20-3/h4-6,9H,7-8,10H2,1-3H3,(H,16,19). The van der Waals surface area contributed by atoms with Crippen LogP contribution in [-0.2, 0) is 9.47 Å². The number of morpholine rings is 1. The number of anilines is 1. The van der Waals surface area contributed by atoms with E-state index < -0.39 is 6.09 Å². The van der Waals surface area contributed by atoms with Crippen LogP contribution in [0.1, 0.15) is 24.2 Å². The zero-order valence-corrected chi connectivity index (χ0v) is 12.5.